The second kappa shape index (κ2) is 9.98. The maximum atomic E-state index is 13.4. The lowest BCUT2D eigenvalue weighted by atomic mass is 9.87. The summed E-state index contributed by atoms with van der Waals surface area (Å²) in [5.41, 5.74) is 4.18. The SMILES string of the molecule is CC(C)(C)c1ccc(CN(CC(=O)O)C(=O)c2ccc3c(c2)C[C@@](C)(Cc2ccc(Cl)cc2)O3)cc1. The summed E-state index contributed by atoms with van der Waals surface area (Å²) in [6.07, 6.45) is 1.36. The number of carboxylic acid groups (broad SMARTS) is 1. The summed E-state index contributed by atoms with van der Waals surface area (Å²) >= 11 is 6.01. The molecule has 188 valence electrons. The fourth-order valence-electron chi connectivity index (χ4n) is 4.66. The maximum absolute atomic E-state index is 13.4. The van der Waals surface area contributed by atoms with E-state index in [9.17, 15) is 14.7 Å². The predicted octanol–water partition coefficient (Wildman–Crippen LogP) is 6.30. The van der Waals surface area contributed by atoms with Crippen LogP contribution in [-0.4, -0.2) is 34.0 Å². The minimum atomic E-state index is -1.05. The van der Waals surface area contributed by atoms with Crippen LogP contribution in [0.2, 0.25) is 5.02 Å². The van der Waals surface area contributed by atoms with Gasteiger partial charge >= 0.3 is 5.97 Å². The van der Waals surface area contributed by atoms with Crippen molar-refractivity contribution in [3.8, 4) is 5.75 Å². The normalized spacial score (nSPS) is 16.8. The van der Waals surface area contributed by atoms with Crippen LogP contribution in [0.1, 0.15) is 60.3 Å². The zero-order valence-corrected chi connectivity index (χ0v) is 21.9. The Balaban J connectivity index is 1.51. The molecule has 1 N–H and O–H groups in total. The molecule has 0 unspecified atom stereocenters. The van der Waals surface area contributed by atoms with Gasteiger partial charge in [-0.05, 0) is 64.9 Å². The molecule has 0 aliphatic carbocycles. The Hall–Kier alpha value is -3.31. The van der Waals surface area contributed by atoms with E-state index in [1.54, 1.807) is 6.07 Å². The molecular weight excluding hydrogens is 474 g/mol. The van der Waals surface area contributed by atoms with Crippen molar-refractivity contribution in [2.45, 2.75) is 58.1 Å². The van der Waals surface area contributed by atoms with Gasteiger partial charge in [-0.3, -0.25) is 9.59 Å². The molecule has 36 heavy (non-hydrogen) atoms. The monoisotopic (exact) mass is 505 g/mol. The van der Waals surface area contributed by atoms with E-state index < -0.39 is 11.6 Å². The van der Waals surface area contributed by atoms with Crippen LogP contribution in [0.25, 0.3) is 0 Å². The van der Waals surface area contributed by atoms with Gasteiger partial charge in [-0.15, -0.1) is 0 Å². The molecule has 1 aliphatic rings. The zero-order chi connectivity index (χ0) is 26.1. The summed E-state index contributed by atoms with van der Waals surface area (Å²) in [4.78, 5) is 26.3. The van der Waals surface area contributed by atoms with Crippen molar-refractivity contribution in [1.82, 2.24) is 4.90 Å². The van der Waals surface area contributed by atoms with Crippen molar-refractivity contribution in [1.29, 1.82) is 0 Å². The van der Waals surface area contributed by atoms with Crippen molar-refractivity contribution in [3.63, 3.8) is 0 Å². The first-order valence-corrected chi connectivity index (χ1v) is 12.5. The van der Waals surface area contributed by atoms with Gasteiger partial charge < -0.3 is 14.7 Å². The van der Waals surface area contributed by atoms with Crippen molar-refractivity contribution in [3.05, 3.63) is 99.6 Å². The summed E-state index contributed by atoms with van der Waals surface area (Å²) in [5, 5.41) is 10.2. The number of carbonyl (C=O) groups is 2. The van der Waals surface area contributed by atoms with Gasteiger partial charge in [0.15, 0.2) is 0 Å². The molecule has 0 saturated heterocycles. The molecule has 0 saturated carbocycles. The van der Waals surface area contributed by atoms with E-state index >= 15 is 0 Å². The number of carboxylic acids is 1. The van der Waals surface area contributed by atoms with Crippen LogP contribution in [0.4, 0.5) is 0 Å². The molecule has 4 rings (SSSR count). The lowest BCUT2D eigenvalue weighted by Crippen LogP contribution is -2.35. The summed E-state index contributed by atoms with van der Waals surface area (Å²) < 4.78 is 6.27. The lowest BCUT2D eigenvalue weighted by Gasteiger charge is -2.24. The van der Waals surface area contributed by atoms with Gasteiger partial charge in [0, 0.05) is 30.0 Å². The van der Waals surface area contributed by atoms with Crippen LogP contribution < -0.4 is 4.74 Å². The Kier molecular flexibility index (Phi) is 7.14. The molecule has 0 spiro atoms. The van der Waals surface area contributed by atoms with Crippen molar-refractivity contribution in [2.75, 3.05) is 6.54 Å². The fraction of sp³-hybridized carbons (Fsp3) is 0.333. The van der Waals surface area contributed by atoms with Crippen LogP contribution in [0.15, 0.2) is 66.7 Å². The van der Waals surface area contributed by atoms with Crippen molar-refractivity contribution >= 4 is 23.5 Å². The molecule has 0 radical (unpaired) electrons. The second-order valence-electron chi connectivity index (χ2n) is 10.9. The minimum absolute atomic E-state index is 0.0175. The highest BCUT2D eigenvalue weighted by atomic mass is 35.5. The third kappa shape index (κ3) is 6.08. The van der Waals surface area contributed by atoms with Crippen LogP contribution >= 0.6 is 11.6 Å². The zero-order valence-electron chi connectivity index (χ0n) is 21.2. The number of hydrogen-bond acceptors (Lipinski definition) is 3. The van der Waals surface area contributed by atoms with E-state index in [1.165, 1.54) is 10.5 Å². The number of amides is 1. The molecular formula is C30H32ClNO4. The summed E-state index contributed by atoms with van der Waals surface area (Å²) in [5.74, 6) is -0.605. The molecule has 1 aliphatic heterocycles. The summed E-state index contributed by atoms with van der Waals surface area (Å²) in [6, 6.07) is 21.1. The van der Waals surface area contributed by atoms with Crippen LogP contribution in [-0.2, 0) is 29.6 Å². The standard InChI is InChI=1S/C30H32ClNO4/c1-29(2,3)24-10-5-21(6-11-24)18-32(19-27(33)34)28(35)22-9-14-26-23(15-22)17-30(4,36-26)16-20-7-12-25(31)13-8-20/h5-15H,16-19H2,1-4H3,(H,33,34)/t30-/m1/s1. The highest BCUT2D eigenvalue weighted by Crippen LogP contribution is 2.38. The Bertz CT molecular complexity index is 1260. The number of carbonyl (C=O) groups excluding carboxylic acids is 1. The molecule has 1 heterocycles. The Morgan fingerprint density at radius 3 is 2.25 bits per heavy atom. The quantitative estimate of drug-likeness (QED) is 0.409. The number of hydrogen-bond donors (Lipinski definition) is 1. The maximum Gasteiger partial charge on any atom is 0.323 e. The Labute approximate surface area is 217 Å². The number of benzene rings is 3. The molecule has 3 aromatic carbocycles. The molecule has 3 aromatic rings. The van der Waals surface area contributed by atoms with E-state index in [2.05, 4.69) is 27.7 Å². The first-order valence-electron chi connectivity index (χ1n) is 12.1. The number of fused-ring (bicyclic) bond motifs is 1. The molecule has 6 heteroatoms. The smallest absolute Gasteiger partial charge is 0.323 e. The molecule has 5 nitrogen and oxygen atoms in total. The Morgan fingerprint density at radius 1 is 1.00 bits per heavy atom. The van der Waals surface area contributed by atoms with E-state index in [0.29, 0.717) is 23.4 Å². The molecule has 1 amide bonds. The molecule has 1 atom stereocenters. The first kappa shape index (κ1) is 25.8. The Morgan fingerprint density at radius 2 is 1.64 bits per heavy atom. The highest BCUT2D eigenvalue weighted by molar-refractivity contribution is 6.30. The van der Waals surface area contributed by atoms with Crippen LogP contribution in [0, 0.1) is 0 Å². The number of nitrogens with zero attached hydrogens (tertiary/aromatic N) is 1. The van der Waals surface area contributed by atoms with Gasteiger partial charge in [-0.25, -0.2) is 0 Å². The van der Waals surface area contributed by atoms with Gasteiger partial charge in [0.1, 0.15) is 17.9 Å². The van der Waals surface area contributed by atoms with Crippen molar-refractivity contribution < 1.29 is 19.4 Å². The largest absolute Gasteiger partial charge is 0.487 e. The molecule has 0 bridgehead atoms. The predicted molar refractivity (Wildman–Crippen MR) is 142 cm³/mol. The number of ether oxygens (including phenoxy) is 1. The average Bonchev–Trinajstić information content (AvgIpc) is 3.14. The van der Waals surface area contributed by atoms with Gasteiger partial charge in [0.25, 0.3) is 5.91 Å². The van der Waals surface area contributed by atoms with E-state index in [0.717, 1.165) is 22.4 Å². The molecule has 0 aromatic heterocycles. The van der Waals surface area contributed by atoms with Crippen molar-refractivity contribution in [2.24, 2.45) is 0 Å². The third-order valence-electron chi connectivity index (χ3n) is 6.53. The van der Waals surface area contributed by atoms with Gasteiger partial charge in [-0.1, -0.05) is 68.8 Å². The van der Waals surface area contributed by atoms with E-state index in [4.69, 9.17) is 16.3 Å². The summed E-state index contributed by atoms with van der Waals surface area (Å²) in [7, 11) is 0. The van der Waals surface area contributed by atoms with Gasteiger partial charge in [0.05, 0.1) is 0 Å². The second-order valence-corrected chi connectivity index (χ2v) is 11.3. The van der Waals surface area contributed by atoms with Crippen LogP contribution in [0.3, 0.4) is 0 Å². The topological polar surface area (TPSA) is 66.8 Å². The van der Waals surface area contributed by atoms with E-state index in [1.807, 2.05) is 60.7 Å². The minimum Gasteiger partial charge on any atom is -0.487 e. The lowest BCUT2D eigenvalue weighted by molar-refractivity contribution is -0.137. The number of aliphatic carboxylic acids is 1. The third-order valence-corrected chi connectivity index (χ3v) is 6.78. The summed E-state index contributed by atoms with van der Waals surface area (Å²) in [6.45, 7) is 8.32. The van der Waals surface area contributed by atoms with Gasteiger partial charge in [-0.2, -0.15) is 0 Å². The first-order chi connectivity index (χ1) is 16.9. The number of rotatable bonds is 7. The van der Waals surface area contributed by atoms with E-state index in [-0.39, 0.29) is 24.4 Å². The molecule has 0 fully saturated rings. The number of halogens is 1. The van der Waals surface area contributed by atoms with Crippen LogP contribution in [0.5, 0.6) is 5.75 Å². The highest BCUT2D eigenvalue weighted by Gasteiger charge is 2.35. The van der Waals surface area contributed by atoms with Gasteiger partial charge in [0.2, 0.25) is 0 Å². The average molecular weight is 506 g/mol. The fourth-order valence-corrected chi connectivity index (χ4v) is 4.79.